The number of aromatic hydroxyl groups is 1. The van der Waals surface area contributed by atoms with Crippen molar-refractivity contribution >= 4 is 5.78 Å². The third-order valence-corrected chi connectivity index (χ3v) is 3.60. The topological polar surface area (TPSA) is 57.5 Å². The zero-order valence-electron chi connectivity index (χ0n) is 13.7. The molecule has 122 valence electrons. The maximum atomic E-state index is 11.9. The highest BCUT2D eigenvalue weighted by Gasteiger charge is 2.05. The number of hydrogen-bond donors (Lipinski definition) is 2. The molecule has 2 N–H and O–H groups in total. The van der Waals surface area contributed by atoms with Gasteiger partial charge in [0, 0.05) is 18.4 Å². The molecule has 0 radical (unpaired) electrons. The van der Waals surface area contributed by atoms with Gasteiger partial charge in [0.25, 0.3) is 0 Å². The van der Waals surface area contributed by atoms with Crippen LogP contribution in [0.1, 0.15) is 57.1 Å². The predicted octanol–water partition coefficient (Wildman–Crippen LogP) is 4.16. The summed E-state index contributed by atoms with van der Waals surface area (Å²) in [7, 11) is 0. The number of benzene rings is 1. The summed E-state index contributed by atoms with van der Waals surface area (Å²) in [6.45, 7) is 4.13. The Hall–Kier alpha value is -1.61. The number of phenols is 1. The molecule has 0 aliphatic rings. The number of allylic oxidation sites excluding steroid dienone is 2. The van der Waals surface area contributed by atoms with Crippen LogP contribution in [0.25, 0.3) is 0 Å². The Labute approximate surface area is 133 Å². The van der Waals surface area contributed by atoms with Crippen LogP contribution in [-0.2, 0) is 17.8 Å². The molecular weight excluding hydrogens is 276 g/mol. The van der Waals surface area contributed by atoms with Crippen molar-refractivity contribution in [2.75, 3.05) is 0 Å². The average Bonchev–Trinajstić information content (AvgIpc) is 2.49. The zero-order chi connectivity index (χ0) is 16.4. The first-order chi connectivity index (χ1) is 10.5. The quantitative estimate of drug-likeness (QED) is 0.504. The van der Waals surface area contributed by atoms with E-state index >= 15 is 0 Å². The molecule has 0 aliphatic heterocycles. The van der Waals surface area contributed by atoms with Gasteiger partial charge < -0.3 is 10.2 Å². The summed E-state index contributed by atoms with van der Waals surface area (Å²) in [5.41, 5.74) is 1.50. The summed E-state index contributed by atoms with van der Waals surface area (Å²) in [6.07, 6.45) is 9.27. The minimum Gasteiger partial charge on any atom is -0.508 e. The highest BCUT2D eigenvalue weighted by Crippen LogP contribution is 2.19. The van der Waals surface area contributed by atoms with Crippen LogP contribution in [0.15, 0.2) is 30.4 Å². The lowest BCUT2D eigenvalue weighted by atomic mass is 10.0. The van der Waals surface area contributed by atoms with E-state index in [1.54, 1.807) is 18.2 Å². The van der Waals surface area contributed by atoms with E-state index in [4.69, 9.17) is 5.11 Å². The Morgan fingerprint density at radius 1 is 1.23 bits per heavy atom. The summed E-state index contributed by atoms with van der Waals surface area (Å²) in [4.78, 5) is 11.9. The summed E-state index contributed by atoms with van der Waals surface area (Å²) >= 11 is 0. The number of unbranched alkanes of at least 4 members (excludes halogenated alkanes) is 2. The maximum Gasteiger partial charge on any atom is 0.133 e. The molecule has 3 heteroatoms. The molecule has 0 amide bonds. The molecule has 1 aromatic carbocycles. The molecule has 0 spiro atoms. The molecule has 22 heavy (non-hydrogen) atoms. The fourth-order valence-corrected chi connectivity index (χ4v) is 2.28. The molecular formula is C19H28O3. The molecule has 0 saturated heterocycles. The van der Waals surface area contributed by atoms with Crippen LogP contribution in [0, 0.1) is 5.92 Å². The zero-order valence-corrected chi connectivity index (χ0v) is 13.7. The summed E-state index contributed by atoms with van der Waals surface area (Å²) in [6, 6.07) is 5.14. The molecule has 0 unspecified atom stereocenters. The van der Waals surface area contributed by atoms with Crippen molar-refractivity contribution in [2.45, 2.75) is 59.0 Å². The van der Waals surface area contributed by atoms with E-state index in [0.29, 0.717) is 30.7 Å². The van der Waals surface area contributed by atoms with Gasteiger partial charge in [-0.25, -0.2) is 0 Å². The number of ketones is 1. The summed E-state index contributed by atoms with van der Waals surface area (Å²) in [5, 5.41) is 18.6. The second-order valence-electron chi connectivity index (χ2n) is 6.08. The third kappa shape index (κ3) is 7.41. The highest BCUT2D eigenvalue weighted by atomic mass is 16.3. The van der Waals surface area contributed by atoms with Crippen molar-refractivity contribution in [3.05, 3.63) is 41.5 Å². The van der Waals surface area contributed by atoms with E-state index in [1.165, 1.54) is 0 Å². The molecule has 0 atom stereocenters. The van der Waals surface area contributed by atoms with Crippen molar-refractivity contribution in [3.8, 4) is 5.75 Å². The van der Waals surface area contributed by atoms with E-state index in [2.05, 4.69) is 26.0 Å². The second kappa shape index (κ2) is 10.2. The Kier molecular flexibility index (Phi) is 8.53. The van der Waals surface area contributed by atoms with Crippen LogP contribution in [0.2, 0.25) is 0 Å². The van der Waals surface area contributed by atoms with E-state index in [0.717, 1.165) is 24.8 Å². The molecule has 0 saturated carbocycles. The van der Waals surface area contributed by atoms with Crippen LogP contribution in [0.4, 0.5) is 0 Å². The van der Waals surface area contributed by atoms with Gasteiger partial charge in [0.1, 0.15) is 11.5 Å². The van der Waals surface area contributed by atoms with Gasteiger partial charge in [0.2, 0.25) is 0 Å². The van der Waals surface area contributed by atoms with Crippen LogP contribution >= 0.6 is 0 Å². The molecule has 1 rings (SSSR count). The molecule has 0 bridgehead atoms. The first-order valence-electron chi connectivity index (χ1n) is 8.13. The summed E-state index contributed by atoms with van der Waals surface area (Å²) < 4.78 is 0. The van der Waals surface area contributed by atoms with Crippen LogP contribution < -0.4 is 0 Å². The van der Waals surface area contributed by atoms with Gasteiger partial charge in [0.05, 0.1) is 6.61 Å². The van der Waals surface area contributed by atoms with Crippen molar-refractivity contribution in [3.63, 3.8) is 0 Å². The van der Waals surface area contributed by atoms with Gasteiger partial charge >= 0.3 is 0 Å². The molecule has 0 fully saturated rings. The molecule has 0 heterocycles. The van der Waals surface area contributed by atoms with Gasteiger partial charge in [0.15, 0.2) is 0 Å². The van der Waals surface area contributed by atoms with E-state index < -0.39 is 0 Å². The first kappa shape index (κ1) is 18.4. The van der Waals surface area contributed by atoms with Crippen molar-refractivity contribution < 1.29 is 15.0 Å². The highest BCUT2D eigenvalue weighted by molar-refractivity contribution is 5.78. The minimum atomic E-state index is -0.183. The largest absolute Gasteiger partial charge is 0.508 e. The van der Waals surface area contributed by atoms with Crippen LogP contribution in [0.3, 0.4) is 0 Å². The lowest BCUT2D eigenvalue weighted by Gasteiger charge is -2.05. The van der Waals surface area contributed by atoms with Gasteiger partial charge in [-0.3, -0.25) is 4.79 Å². The number of aryl methyl sites for hydroxylation is 1. The lowest BCUT2D eigenvalue weighted by molar-refractivity contribution is -0.119. The van der Waals surface area contributed by atoms with Crippen molar-refractivity contribution in [1.29, 1.82) is 0 Å². The Bertz CT molecular complexity index is 489. The number of Topliss-reactive ketones (excluding diaryl/α,β-unsaturated/α-hetero) is 1. The van der Waals surface area contributed by atoms with E-state index in [1.807, 2.05) is 0 Å². The molecule has 3 nitrogen and oxygen atoms in total. The maximum absolute atomic E-state index is 11.9. The van der Waals surface area contributed by atoms with Gasteiger partial charge in [-0.1, -0.05) is 32.1 Å². The van der Waals surface area contributed by atoms with E-state index in [-0.39, 0.29) is 18.1 Å². The number of hydrogen-bond acceptors (Lipinski definition) is 3. The van der Waals surface area contributed by atoms with Gasteiger partial charge in [-0.05, 0) is 49.3 Å². The van der Waals surface area contributed by atoms with Gasteiger partial charge in [-0.2, -0.15) is 0 Å². The normalized spacial score (nSPS) is 11.5. The van der Waals surface area contributed by atoms with Crippen LogP contribution in [-0.4, -0.2) is 16.0 Å². The van der Waals surface area contributed by atoms with Crippen molar-refractivity contribution in [2.24, 2.45) is 5.92 Å². The molecule has 0 aromatic heterocycles. The molecule has 1 aromatic rings. The Morgan fingerprint density at radius 3 is 2.68 bits per heavy atom. The number of carbonyl (C=O) groups is 1. The fraction of sp³-hybridized carbons (Fsp3) is 0.526. The predicted molar refractivity (Wildman–Crippen MR) is 89.8 cm³/mol. The standard InChI is InChI=1S/C19H28O3/c1-15(2)7-5-3-4-6-8-18(21)11-9-16-10-12-19(22)17(13-16)14-20/h5,7,10,12-13,15,20,22H,3-4,6,8-9,11,14H2,1-2H3/b7-5+. The SMILES string of the molecule is CC(C)/C=C/CCCCC(=O)CCc1ccc(O)c(CO)c1. The number of carbonyl (C=O) groups excluding carboxylic acids is 1. The smallest absolute Gasteiger partial charge is 0.133 e. The van der Waals surface area contributed by atoms with Crippen LogP contribution in [0.5, 0.6) is 5.75 Å². The minimum absolute atomic E-state index is 0.104. The van der Waals surface area contributed by atoms with Crippen molar-refractivity contribution in [1.82, 2.24) is 0 Å². The Morgan fingerprint density at radius 2 is 2.00 bits per heavy atom. The number of rotatable bonds is 10. The van der Waals surface area contributed by atoms with E-state index in [9.17, 15) is 9.90 Å². The first-order valence-corrected chi connectivity index (χ1v) is 8.13. The summed E-state index contributed by atoms with van der Waals surface area (Å²) in [5.74, 6) is 0.981. The second-order valence-corrected chi connectivity index (χ2v) is 6.08. The lowest BCUT2D eigenvalue weighted by Crippen LogP contribution is -2.00. The number of aliphatic hydroxyl groups excluding tert-OH is 1. The molecule has 0 aliphatic carbocycles. The number of aliphatic hydroxyl groups is 1. The average molecular weight is 304 g/mol. The fourth-order valence-electron chi connectivity index (χ4n) is 2.28. The van der Waals surface area contributed by atoms with Gasteiger partial charge in [-0.15, -0.1) is 0 Å². The monoisotopic (exact) mass is 304 g/mol. The Balaban J connectivity index is 2.23. The third-order valence-electron chi connectivity index (χ3n) is 3.60.